The molecule has 0 aromatic heterocycles. The highest BCUT2D eigenvalue weighted by Gasteiger charge is 2.25. The van der Waals surface area contributed by atoms with E-state index in [9.17, 15) is 0 Å². The minimum atomic E-state index is 0.371. The van der Waals surface area contributed by atoms with Gasteiger partial charge in [0.05, 0.1) is 0 Å². The first-order valence-electron chi connectivity index (χ1n) is 6.17. The van der Waals surface area contributed by atoms with E-state index in [-0.39, 0.29) is 0 Å². The van der Waals surface area contributed by atoms with Gasteiger partial charge in [0.25, 0.3) is 0 Å². The molecule has 3 nitrogen and oxygen atoms in total. The molecule has 1 saturated heterocycles. The van der Waals surface area contributed by atoms with Crippen LogP contribution >= 0.6 is 23.2 Å². The number of rotatable bonds is 3. The summed E-state index contributed by atoms with van der Waals surface area (Å²) < 4.78 is 0. The minimum absolute atomic E-state index is 0.371. The van der Waals surface area contributed by atoms with E-state index in [0.29, 0.717) is 12.6 Å². The Hall–Kier alpha value is -0.320. The second-order valence-corrected chi connectivity index (χ2v) is 5.64. The zero-order valence-corrected chi connectivity index (χ0v) is 12.1. The topological polar surface area (TPSA) is 32.5 Å². The average Bonchev–Trinajstić information content (AvgIpc) is 2.35. The summed E-state index contributed by atoms with van der Waals surface area (Å²) in [4.78, 5) is 4.68. The van der Waals surface area contributed by atoms with Crippen molar-refractivity contribution in [3.63, 3.8) is 0 Å². The molecule has 18 heavy (non-hydrogen) atoms. The fraction of sp³-hybridized carbons (Fsp3) is 0.538. The van der Waals surface area contributed by atoms with Crippen molar-refractivity contribution in [3.05, 3.63) is 33.8 Å². The number of hydrogen-bond acceptors (Lipinski definition) is 3. The highest BCUT2D eigenvalue weighted by molar-refractivity contribution is 6.35. The largest absolute Gasteiger partial charge is 0.329 e. The van der Waals surface area contributed by atoms with Crippen LogP contribution in [-0.2, 0) is 6.54 Å². The van der Waals surface area contributed by atoms with Crippen molar-refractivity contribution in [2.24, 2.45) is 5.73 Å². The van der Waals surface area contributed by atoms with E-state index in [4.69, 9.17) is 28.9 Å². The number of benzene rings is 1. The van der Waals surface area contributed by atoms with Gasteiger partial charge in [0.1, 0.15) is 0 Å². The van der Waals surface area contributed by atoms with Crippen molar-refractivity contribution in [2.75, 3.05) is 33.2 Å². The van der Waals surface area contributed by atoms with Crippen molar-refractivity contribution in [3.8, 4) is 0 Å². The zero-order valence-electron chi connectivity index (χ0n) is 10.6. The van der Waals surface area contributed by atoms with Crippen LogP contribution in [-0.4, -0.2) is 49.1 Å². The predicted molar refractivity (Wildman–Crippen MR) is 77.2 cm³/mol. The third kappa shape index (κ3) is 3.16. The zero-order chi connectivity index (χ0) is 13.1. The molecule has 1 aromatic carbocycles. The normalized spacial score (nSPS) is 22.3. The van der Waals surface area contributed by atoms with Gasteiger partial charge in [-0.05, 0) is 19.2 Å². The third-order valence-corrected chi connectivity index (χ3v) is 4.21. The van der Waals surface area contributed by atoms with E-state index in [0.717, 1.165) is 41.8 Å². The van der Waals surface area contributed by atoms with Crippen molar-refractivity contribution in [1.29, 1.82) is 0 Å². The maximum atomic E-state index is 6.22. The molecule has 1 aromatic rings. The lowest BCUT2D eigenvalue weighted by atomic mass is 10.1. The van der Waals surface area contributed by atoms with E-state index < -0.39 is 0 Å². The first-order valence-corrected chi connectivity index (χ1v) is 6.93. The summed E-state index contributed by atoms with van der Waals surface area (Å²) in [6.45, 7) is 4.48. The Kier molecular flexibility index (Phi) is 4.87. The van der Waals surface area contributed by atoms with E-state index in [2.05, 4.69) is 16.8 Å². The summed E-state index contributed by atoms with van der Waals surface area (Å²) >= 11 is 12.4. The molecule has 0 bridgehead atoms. The lowest BCUT2D eigenvalue weighted by molar-refractivity contribution is 0.0881. The Morgan fingerprint density at radius 3 is 2.56 bits per heavy atom. The molecule has 2 N–H and O–H groups in total. The predicted octanol–water partition coefficient (Wildman–Crippen LogP) is 2.07. The molecule has 1 atom stereocenters. The molecular formula is C13H19Cl2N3. The second kappa shape index (κ2) is 6.22. The SMILES string of the molecule is CN1CCN(Cc2c(Cl)cccc2Cl)C(CN)C1. The van der Waals surface area contributed by atoms with Crippen LogP contribution in [0.2, 0.25) is 10.0 Å². The Morgan fingerprint density at radius 1 is 1.28 bits per heavy atom. The lowest BCUT2D eigenvalue weighted by Crippen LogP contribution is -2.54. The lowest BCUT2D eigenvalue weighted by Gasteiger charge is -2.39. The van der Waals surface area contributed by atoms with E-state index in [1.54, 1.807) is 0 Å². The van der Waals surface area contributed by atoms with Crippen molar-refractivity contribution in [2.45, 2.75) is 12.6 Å². The van der Waals surface area contributed by atoms with Gasteiger partial charge in [-0.15, -0.1) is 0 Å². The summed E-state index contributed by atoms with van der Waals surface area (Å²) in [5, 5.41) is 1.47. The maximum Gasteiger partial charge on any atom is 0.0465 e. The quantitative estimate of drug-likeness (QED) is 0.924. The third-order valence-electron chi connectivity index (χ3n) is 3.50. The first kappa shape index (κ1) is 14.1. The molecule has 1 unspecified atom stereocenters. The van der Waals surface area contributed by atoms with Gasteiger partial charge in [0.2, 0.25) is 0 Å². The maximum absolute atomic E-state index is 6.22. The van der Waals surface area contributed by atoms with Crippen LogP contribution in [0.4, 0.5) is 0 Å². The van der Waals surface area contributed by atoms with Crippen LogP contribution in [0.3, 0.4) is 0 Å². The van der Waals surface area contributed by atoms with Gasteiger partial charge in [-0.1, -0.05) is 29.3 Å². The monoisotopic (exact) mass is 287 g/mol. The highest BCUT2D eigenvalue weighted by Crippen LogP contribution is 2.26. The summed E-state index contributed by atoms with van der Waals surface area (Å²) in [7, 11) is 2.13. The number of hydrogen-bond donors (Lipinski definition) is 1. The molecule has 1 aliphatic heterocycles. The smallest absolute Gasteiger partial charge is 0.0465 e. The van der Waals surface area contributed by atoms with Crippen LogP contribution in [0.1, 0.15) is 5.56 Å². The Labute approximate surface area is 118 Å². The summed E-state index contributed by atoms with van der Waals surface area (Å²) in [6.07, 6.45) is 0. The van der Waals surface area contributed by atoms with Crippen molar-refractivity contribution < 1.29 is 0 Å². The van der Waals surface area contributed by atoms with Crippen LogP contribution in [0.5, 0.6) is 0 Å². The van der Waals surface area contributed by atoms with Crippen LogP contribution in [0, 0.1) is 0 Å². The van der Waals surface area contributed by atoms with Crippen LogP contribution < -0.4 is 5.73 Å². The molecule has 0 radical (unpaired) electrons. The molecule has 2 rings (SSSR count). The van der Waals surface area contributed by atoms with Crippen LogP contribution in [0.25, 0.3) is 0 Å². The number of nitrogens with zero attached hydrogens (tertiary/aromatic N) is 2. The number of piperazine rings is 1. The van der Waals surface area contributed by atoms with Gasteiger partial charge in [-0.2, -0.15) is 0 Å². The van der Waals surface area contributed by atoms with Gasteiger partial charge < -0.3 is 10.6 Å². The number of nitrogens with two attached hydrogens (primary N) is 1. The molecular weight excluding hydrogens is 269 g/mol. The summed E-state index contributed by atoms with van der Waals surface area (Å²) in [5.74, 6) is 0. The molecule has 5 heteroatoms. The van der Waals surface area contributed by atoms with Crippen LogP contribution in [0.15, 0.2) is 18.2 Å². The summed E-state index contributed by atoms with van der Waals surface area (Å²) in [6, 6.07) is 6.02. The van der Waals surface area contributed by atoms with E-state index >= 15 is 0 Å². The standard InChI is InChI=1S/C13H19Cl2N3/c1-17-5-6-18(10(7-16)8-17)9-11-12(14)3-2-4-13(11)15/h2-4,10H,5-9,16H2,1H3. The van der Waals surface area contributed by atoms with E-state index in [1.165, 1.54) is 0 Å². The number of halogens is 2. The molecule has 1 fully saturated rings. The van der Waals surface area contributed by atoms with Crippen molar-refractivity contribution in [1.82, 2.24) is 9.80 Å². The Bertz CT molecular complexity index is 391. The first-order chi connectivity index (χ1) is 8.61. The van der Waals surface area contributed by atoms with Gasteiger partial charge in [0, 0.05) is 54.4 Å². The fourth-order valence-corrected chi connectivity index (χ4v) is 2.88. The fourth-order valence-electron chi connectivity index (χ4n) is 2.37. The molecule has 0 spiro atoms. The molecule has 100 valence electrons. The van der Waals surface area contributed by atoms with Crippen molar-refractivity contribution >= 4 is 23.2 Å². The summed E-state index contributed by atoms with van der Waals surface area (Å²) in [5.41, 5.74) is 6.85. The molecule has 0 saturated carbocycles. The Morgan fingerprint density at radius 2 is 1.94 bits per heavy atom. The van der Waals surface area contributed by atoms with Gasteiger partial charge in [-0.3, -0.25) is 4.90 Å². The number of likely N-dealkylation sites (N-methyl/N-ethyl adjacent to an activating group) is 1. The van der Waals surface area contributed by atoms with Gasteiger partial charge >= 0.3 is 0 Å². The minimum Gasteiger partial charge on any atom is -0.329 e. The van der Waals surface area contributed by atoms with Gasteiger partial charge in [0.15, 0.2) is 0 Å². The second-order valence-electron chi connectivity index (χ2n) is 4.82. The average molecular weight is 288 g/mol. The molecule has 0 aliphatic carbocycles. The molecule has 1 heterocycles. The van der Waals surface area contributed by atoms with Gasteiger partial charge in [-0.25, -0.2) is 0 Å². The molecule has 1 aliphatic rings. The molecule has 0 amide bonds. The Balaban J connectivity index is 2.12. The van der Waals surface area contributed by atoms with E-state index in [1.807, 2.05) is 18.2 Å². The highest BCUT2D eigenvalue weighted by atomic mass is 35.5.